The Morgan fingerprint density at radius 3 is 2.48 bits per heavy atom. The summed E-state index contributed by atoms with van der Waals surface area (Å²) < 4.78 is 50.0. The molecule has 0 bridgehead atoms. The van der Waals surface area contributed by atoms with E-state index in [1.165, 1.54) is 6.07 Å². The predicted molar refractivity (Wildman–Crippen MR) is 81.0 cm³/mol. The fraction of sp³-hybridized carbons (Fsp3) is 0.538. The molecule has 0 radical (unpaired) electrons. The van der Waals surface area contributed by atoms with E-state index >= 15 is 0 Å². The van der Waals surface area contributed by atoms with Gasteiger partial charge in [-0.2, -0.15) is 0 Å². The topological polar surface area (TPSA) is 106 Å². The quantitative estimate of drug-likeness (QED) is 0.838. The van der Waals surface area contributed by atoms with Gasteiger partial charge in [-0.3, -0.25) is 0 Å². The maximum atomic E-state index is 12.3. The summed E-state index contributed by atoms with van der Waals surface area (Å²) in [7, 11) is -6.66. The second-order valence-electron chi connectivity index (χ2n) is 5.41. The molecule has 1 unspecified atom stereocenters. The third kappa shape index (κ3) is 4.26. The third-order valence-corrected chi connectivity index (χ3v) is 6.80. The van der Waals surface area contributed by atoms with Gasteiger partial charge in [0.25, 0.3) is 0 Å². The summed E-state index contributed by atoms with van der Waals surface area (Å²) in [5, 5.41) is 0. The average molecular weight is 332 g/mol. The Labute approximate surface area is 125 Å². The van der Waals surface area contributed by atoms with Gasteiger partial charge in [0.05, 0.1) is 16.4 Å². The molecule has 1 aliphatic rings. The lowest BCUT2D eigenvalue weighted by atomic mass is 10.1. The lowest BCUT2D eigenvalue weighted by molar-refractivity contribution is 0.505. The van der Waals surface area contributed by atoms with Crippen LogP contribution in [0.1, 0.15) is 31.4 Å². The molecule has 118 valence electrons. The van der Waals surface area contributed by atoms with Crippen molar-refractivity contribution in [3.8, 4) is 0 Å². The van der Waals surface area contributed by atoms with E-state index in [4.69, 9.17) is 5.73 Å². The van der Waals surface area contributed by atoms with Crippen LogP contribution in [0.25, 0.3) is 0 Å². The van der Waals surface area contributed by atoms with Crippen molar-refractivity contribution in [3.05, 3.63) is 29.8 Å². The Kier molecular flexibility index (Phi) is 4.72. The molecule has 1 saturated heterocycles. The van der Waals surface area contributed by atoms with Gasteiger partial charge >= 0.3 is 0 Å². The highest BCUT2D eigenvalue weighted by atomic mass is 32.2. The van der Waals surface area contributed by atoms with Crippen LogP contribution in [0.2, 0.25) is 0 Å². The molecule has 1 aromatic rings. The van der Waals surface area contributed by atoms with Crippen LogP contribution in [0, 0.1) is 0 Å². The van der Waals surface area contributed by atoms with Crippen molar-refractivity contribution < 1.29 is 16.8 Å². The van der Waals surface area contributed by atoms with Gasteiger partial charge in [0.2, 0.25) is 10.0 Å². The minimum Gasteiger partial charge on any atom is -0.324 e. The van der Waals surface area contributed by atoms with Gasteiger partial charge < -0.3 is 5.73 Å². The highest BCUT2D eigenvalue weighted by Gasteiger charge is 2.27. The molecular weight excluding hydrogens is 312 g/mol. The maximum absolute atomic E-state index is 12.3. The van der Waals surface area contributed by atoms with Crippen LogP contribution in [-0.2, 0) is 19.9 Å². The van der Waals surface area contributed by atoms with Crippen LogP contribution in [0.3, 0.4) is 0 Å². The number of sulfonamides is 1. The van der Waals surface area contributed by atoms with Crippen LogP contribution in [0.4, 0.5) is 0 Å². The Balaban J connectivity index is 2.14. The first-order chi connectivity index (χ1) is 9.70. The maximum Gasteiger partial charge on any atom is 0.240 e. The minimum absolute atomic E-state index is 0.0278. The van der Waals surface area contributed by atoms with Gasteiger partial charge in [0.1, 0.15) is 9.84 Å². The van der Waals surface area contributed by atoms with Crippen LogP contribution in [0.15, 0.2) is 29.2 Å². The van der Waals surface area contributed by atoms with Crippen molar-refractivity contribution in [3.63, 3.8) is 0 Å². The Bertz CT molecular complexity index is 697. The SMILES string of the molecule is CC(N)c1cccc(S(=O)(=O)NC2CCS(=O)(=O)CC2)c1. The van der Waals surface area contributed by atoms with E-state index in [9.17, 15) is 16.8 Å². The standard InChI is InChI=1S/C13H20N2O4S2/c1-10(14)11-3-2-4-13(9-11)21(18,19)15-12-5-7-20(16,17)8-6-12/h2-4,9-10,12,15H,5-8,14H2,1H3. The largest absolute Gasteiger partial charge is 0.324 e. The van der Waals surface area contributed by atoms with Gasteiger partial charge in [0, 0.05) is 12.1 Å². The molecule has 0 amide bonds. The van der Waals surface area contributed by atoms with Gasteiger partial charge in [-0.1, -0.05) is 12.1 Å². The Morgan fingerprint density at radius 1 is 1.29 bits per heavy atom. The molecule has 0 spiro atoms. The van der Waals surface area contributed by atoms with Crippen LogP contribution in [0.5, 0.6) is 0 Å². The molecule has 0 aliphatic carbocycles. The van der Waals surface area contributed by atoms with Crippen molar-refractivity contribution in [2.24, 2.45) is 5.73 Å². The second-order valence-corrected chi connectivity index (χ2v) is 9.43. The van der Waals surface area contributed by atoms with Crippen molar-refractivity contribution in [1.82, 2.24) is 4.72 Å². The molecule has 1 heterocycles. The Hall–Kier alpha value is -0.960. The molecule has 6 nitrogen and oxygen atoms in total. The lowest BCUT2D eigenvalue weighted by Gasteiger charge is -2.23. The average Bonchev–Trinajstić information content (AvgIpc) is 2.41. The molecule has 1 aliphatic heterocycles. The summed E-state index contributed by atoms with van der Waals surface area (Å²) in [6.07, 6.45) is 0.628. The number of nitrogens with two attached hydrogens (primary N) is 1. The summed E-state index contributed by atoms with van der Waals surface area (Å²) in [5.41, 5.74) is 6.50. The fourth-order valence-electron chi connectivity index (χ4n) is 2.26. The minimum atomic E-state index is -3.65. The van der Waals surface area contributed by atoms with Crippen LogP contribution in [-0.4, -0.2) is 34.4 Å². The van der Waals surface area contributed by atoms with E-state index < -0.39 is 19.9 Å². The summed E-state index contributed by atoms with van der Waals surface area (Å²) in [5.74, 6) is 0.0557. The number of hydrogen-bond donors (Lipinski definition) is 2. The molecule has 1 aromatic carbocycles. The van der Waals surface area contributed by atoms with E-state index in [-0.39, 0.29) is 28.5 Å². The van der Waals surface area contributed by atoms with E-state index in [0.29, 0.717) is 12.8 Å². The number of rotatable bonds is 4. The molecule has 3 N–H and O–H groups in total. The Morgan fingerprint density at radius 2 is 1.90 bits per heavy atom. The number of benzene rings is 1. The molecule has 0 aromatic heterocycles. The third-order valence-electron chi connectivity index (χ3n) is 3.57. The first kappa shape index (κ1) is 16.4. The molecule has 1 atom stereocenters. The number of nitrogens with one attached hydrogen (secondary N) is 1. The smallest absolute Gasteiger partial charge is 0.240 e. The monoisotopic (exact) mass is 332 g/mol. The van der Waals surface area contributed by atoms with Crippen LogP contribution >= 0.6 is 0 Å². The predicted octanol–water partition coefficient (Wildman–Crippen LogP) is 0.562. The number of sulfone groups is 1. The molecule has 0 saturated carbocycles. The highest BCUT2D eigenvalue weighted by molar-refractivity contribution is 7.91. The molecular formula is C13H20N2O4S2. The zero-order valence-corrected chi connectivity index (χ0v) is 13.5. The van der Waals surface area contributed by atoms with E-state index in [1.807, 2.05) is 0 Å². The van der Waals surface area contributed by atoms with Crippen molar-refractivity contribution >= 4 is 19.9 Å². The molecule has 2 rings (SSSR count). The first-order valence-electron chi connectivity index (χ1n) is 6.78. The van der Waals surface area contributed by atoms with Crippen molar-refractivity contribution in [1.29, 1.82) is 0 Å². The molecule has 1 fully saturated rings. The van der Waals surface area contributed by atoms with Gasteiger partial charge in [-0.05, 0) is 37.5 Å². The van der Waals surface area contributed by atoms with Crippen molar-refractivity contribution in [2.75, 3.05) is 11.5 Å². The fourth-order valence-corrected chi connectivity index (χ4v) is 5.11. The zero-order valence-electron chi connectivity index (χ0n) is 11.8. The van der Waals surface area contributed by atoms with E-state index in [1.54, 1.807) is 25.1 Å². The van der Waals surface area contributed by atoms with Gasteiger partial charge in [0.15, 0.2) is 0 Å². The van der Waals surface area contributed by atoms with Gasteiger partial charge in [-0.15, -0.1) is 0 Å². The number of hydrogen-bond acceptors (Lipinski definition) is 5. The summed E-state index contributed by atoms with van der Waals surface area (Å²) in [6, 6.07) is 5.90. The lowest BCUT2D eigenvalue weighted by Crippen LogP contribution is -2.40. The van der Waals surface area contributed by atoms with Gasteiger partial charge in [-0.25, -0.2) is 21.6 Å². The summed E-state index contributed by atoms with van der Waals surface area (Å²) in [4.78, 5) is 0.158. The van der Waals surface area contributed by atoms with Crippen molar-refractivity contribution in [2.45, 2.75) is 36.7 Å². The summed E-state index contributed by atoms with van der Waals surface area (Å²) >= 11 is 0. The highest BCUT2D eigenvalue weighted by Crippen LogP contribution is 2.19. The zero-order chi connectivity index (χ0) is 15.7. The van der Waals surface area contributed by atoms with E-state index in [2.05, 4.69) is 4.72 Å². The first-order valence-corrected chi connectivity index (χ1v) is 10.1. The van der Waals surface area contributed by atoms with E-state index in [0.717, 1.165) is 5.56 Å². The van der Waals surface area contributed by atoms with Crippen LogP contribution < -0.4 is 10.5 Å². The molecule has 8 heteroatoms. The molecule has 21 heavy (non-hydrogen) atoms. The summed E-state index contributed by atoms with van der Waals surface area (Å²) in [6.45, 7) is 1.78. The second kappa shape index (κ2) is 6.04. The normalized spacial score (nSPS) is 21.0.